The normalized spacial score (nSPS) is 15.2. The van der Waals surface area contributed by atoms with E-state index in [2.05, 4.69) is 5.32 Å². The zero-order chi connectivity index (χ0) is 21.0. The average molecular weight is 402 g/mol. The van der Waals surface area contributed by atoms with Crippen LogP contribution in [0.5, 0.6) is 0 Å². The van der Waals surface area contributed by atoms with E-state index in [4.69, 9.17) is 9.15 Å². The van der Waals surface area contributed by atoms with E-state index < -0.39 is 5.60 Å². The Balaban J connectivity index is 1.60. The number of anilines is 1. The molecule has 1 amide bonds. The lowest BCUT2D eigenvalue weighted by Crippen LogP contribution is -2.42. The Morgan fingerprint density at radius 1 is 1.28 bits per heavy atom. The fraction of sp³-hybridized carbons (Fsp3) is 0.455. The molecule has 156 valence electrons. The summed E-state index contributed by atoms with van der Waals surface area (Å²) in [5.41, 5.74) is 0.421. The molecule has 29 heavy (non-hydrogen) atoms. The third-order valence-electron chi connectivity index (χ3n) is 4.86. The van der Waals surface area contributed by atoms with Crippen molar-refractivity contribution in [3.05, 3.63) is 41.9 Å². The number of benzene rings is 1. The quantitative estimate of drug-likeness (QED) is 0.716. The van der Waals surface area contributed by atoms with Crippen LogP contribution in [0.3, 0.4) is 0 Å². The van der Waals surface area contributed by atoms with Crippen LogP contribution < -0.4 is 5.32 Å². The number of para-hydroxylation sites is 1. The van der Waals surface area contributed by atoms with Gasteiger partial charge >= 0.3 is 6.09 Å². The maximum Gasteiger partial charge on any atom is 0.410 e. The molecule has 2 heterocycles. The molecule has 1 aromatic heterocycles. The largest absolute Gasteiger partial charge is 0.453 e. The Morgan fingerprint density at radius 2 is 2.00 bits per heavy atom. The fourth-order valence-corrected chi connectivity index (χ4v) is 3.36. The van der Waals surface area contributed by atoms with Gasteiger partial charge in [0.25, 0.3) is 0 Å². The molecule has 1 saturated heterocycles. The predicted molar refractivity (Wildman–Crippen MR) is 109 cm³/mol. The van der Waals surface area contributed by atoms with Crippen LogP contribution in [-0.4, -0.2) is 42.5 Å². The number of nitrogens with zero attached hydrogens (tertiary/aromatic N) is 1. The Morgan fingerprint density at radius 3 is 2.62 bits per heavy atom. The number of amides is 1. The van der Waals surface area contributed by atoms with E-state index in [1.165, 1.54) is 6.07 Å². The van der Waals surface area contributed by atoms with E-state index in [1.54, 1.807) is 29.2 Å². The highest BCUT2D eigenvalue weighted by molar-refractivity contribution is 5.78. The number of likely N-dealkylation sites (tertiary alicyclic amines) is 1. The monoisotopic (exact) mass is 402 g/mol. The first kappa shape index (κ1) is 20.9. The van der Waals surface area contributed by atoms with Crippen molar-refractivity contribution in [2.75, 3.05) is 25.0 Å². The van der Waals surface area contributed by atoms with E-state index in [0.717, 1.165) is 12.8 Å². The SMILES string of the molecule is CC(C)(C)OC(=O)N1CCC(CNc2c(F)cccc2-c2ccc(C=O)o2)CC1. The van der Waals surface area contributed by atoms with Gasteiger partial charge in [0.15, 0.2) is 12.0 Å². The smallest absolute Gasteiger partial charge is 0.410 e. The van der Waals surface area contributed by atoms with Gasteiger partial charge in [-0.3, -0.25) is 4.79 Å². The summed E-state index contributed by atoms with van der Waals surface area (Å²) in [7, 11) is 0. The Bertz CT molecular complexity index is 864. The maximum atomic E-state index is 14.5. The molecule has 0 spiro atoms. The minimum Gasteiger partial charge on any atom is -0.453 e. The van der Waals surface area contributed by atoms with Crippen LogP contribution in [0.4, 0.5) is 14.9 Å². The highest BCUT2D eigenvalue weighted by Crippen LogP contribution is 2.32. The van der Waals surface area contributed by atoms with Crippen LogP contribution in [-0.2, 0) is 4.74 Å². The number of carbonyl (C=O) groups excluding carboxylic acids is 2. The molecule has 1 aliphatic rings. The van der Waals surface area contributed by atoms with Crippen LogP contribution in [0.2, 0.25) is 0 Å². The minimum atomic E-state index is -0.508. The molecule has 0 radical (unpaired) electrons. The molecular weight excluding hydrogens is 375 g/mol. The van der Waals surface area contributed by atoms with Gasteiger partial charge in [0.2, 0.25) is 0 Å². The fourth-order valence-electron chi connectivity index (χ4n) is 3.36. The summed E-state index contributed by atoms with van der Waals surface area (Å²) in [5, 5.41) is 3.20. The van der Waals surface area contributed by atoms with E-state index in [-0.39, 0.29) is 17.7 Å². The molecule has 2 aromatic rings. The lowest BCUT2D eigenvalue weighted by molar-refractivity contribution is 0.0188. The first-order valence-electron chi connectivity index (χ1n) is 9.82. The molecule has 1 aliphatic heterocycles. The third-order valence-corrected chi connectivity index (χ3v) is 4.86. The zero-order valence-corrected chi connectivity index (χ0v) is 17.0. The molecule has 6 nitrogen and oxygen atoms in total. The number of furan rings is 1. The summed E-state index contributed by atoms with van der Waals surface area (Å²) in [5.74, 6) is 0.569. The van der Waals surface area contributed by atoms with Crippen molar-refractivity contribution in [2.45, 2.75) is 39.2 Å². The first-order valence-corrected chi connectivity index (χ1v) is 9.82. The van der Waals surface area contributed by atoms with Gasteiger partial charge in [0, 0.05) is 25.2 Å². The van der Waals surface area contributed by atoms with Gasteiger partial charge in [0.05, 0.1) is 5.69 Å². The van der Waals surface area contributed by atoms with Crippen LogP contribution in [0, 0.1) is 11.7 Å². The number of nitrogens with one attached hydrogen (secondary N) is 1. The number of hydrogen-bond acceptors (Lipinski definition) is 5. The number of halogens is 1. The van der Waals surface area contributed by atoms with Crippen molar-refractivity contribution < 1.29 is 23.1 Å². The van der Waals surface area contributed by atoms with Gasteiger partial charge in [-0.05, 0) is 63.8 Å². The topological polar surface area (TPSA) is 71.8 Å². The third kappa shape index (κ3) is 5.37. The average Bonchev–Trinajstić information content (AvgIpc) is 3.15. The van der Waals surface area contributed by atoms with Crippen molar-refractivity contribution in [2.24, 2.45) is 5.92 Å². The molecule has 0 saturated carbocycles. The van der Waals surface area contributed by atoms with Crippen molar-refractivity contribution in [3.63, 3.8) is 0 Å². The molecule has 3 rings (SSSR count). The van der Waals surface area contributed by atoms with Crippen LogP contribution in [0.25, 0.3) is 11.3 Å². The molecule has 7 heteroatoms. The molecule has 0 bridgehead atoms. The number of rotatable bonds is 5. The standard InChI is InChI=1S/C22H27FN2O4/c1-22(2,3)29-21(27)25-11-9-15(10-12-25)13-24-20-17(5-4-6-18(20)23)19-8-7-16(14-26)28-19/h4-8,14-15,24H,9-13H2,1-3H3. The summed E-state index contributed by atoms with van der Waals surface area (Å²) in [4.78, 5) is 24.8. The van der Waals surface area contributed by atoms with Gasteiger partial charge in [-0.15, -0.1) is 0 Å². The van der Waals surface area contributed by atoms with E-state index >= 15 is 0 Å². The summed E-state index contributed by atoms with van der Waals surface area (Å²) in [6.07, 6.45) is 1.95. The molecular formula is C22H27FN2O4. The summed E-state index contributed by atoms with van der Waals surface area (Å²) >= 11 is 0. The highest BCUT2D eigenvalue weighted by atomic mass is 19.1. The van der Waals surface area contributed by atoms with Gasteiger partial charge in [-0.2, -0.15) is 0 Å². The van der Waals surface area contributed by atoms with Crippen LogP contribution in [0.1, 0.15) is 44.2 Å². The van der Waals surface area contributed by atoms with Crippen molar-refractivity contribution >= 4 is 18.1 Å². The van der Waals surface area contributed by atoms with Crippen LogP contribution >= 0.6 is 0 Å². The number of aldehydes is 1. The highest BCUT2D eigenvalue weighted by Gasteiger charge is 2.27. The van der Waals surface area contributed by atoms with Crippen molar-refractivity contribution in [3.8, 4) is 11.3 Å². The van der Waals surface area contributed by atoms with E-state index in [1.807, 2.05) is 20.8 Å². The zero-order valence-electron chi connectivity index (χ0n) is 17.0. The first-order chi connectivity index (χ1) is 13.8. The summed E-state index contributed by atoms with van der Waals surface area (Å²) < 4.78 is 25.3. The summed E-state index contributed by atoms with van der Waals surface area (Å²) in [6, 6.07) is 7.97. The number of hydrogen-bond donors (Lipinski definition) is 1. The molecule has 0 unspecified atom stereocenters. The Hall–Kier alpha value is -2.83. The second-order valence-corrected chi connectivity index (χ2v) is 8.27. The molecule has 0 aliphatic carbocycles. The molecule has 0 atom stereocenters. The van der Waals surface area contributed by atoms with Crippen LogP contribution in [0.15, 0.2) is 34.7 Å². The number of piperidine rings is 1. The lowest BCUT2D eigenvalue weighted by atomic mass is 9.96. The Kier molecular flexibility index (Phi) is 6.25. The Labute approximate surface area is 170 Å². The van der Waals surface area contributed by atoms with Gasteiger partial charge in [-0.1, -0.05) is 6.07 Å². The lowest BCUT2D eigenvalue weighted by Gasteiger charge is -2.33. The van der Waals surface area contributed by atoms with Gasteiger partial charge < -0.3 is 19.4 Å². The predicted octanol–water partition coefficient (Wildman–Crippen LogP) is 4.96. The molecule has 1 fully saturated rings. The molecule has 1 aromatic carbocycles. The van der Waals surface area contributed by atoms with E-state index in [0.29, 0.717) is 48.8 Å². The van der Waals surface area contributed by atoms with Crippen molar-refractivity contribution in [1.82, 2.24) is 4.90 Å². The number of ether oxygens (including phenoxy) is 1. The number of carbonyl (C=O) groups is 2. The van der Waals surface area contributed by atoms with Gasteiger partial charge in [-0.25, -0.2) is 9.18 Å². The minimum absolute atomic E-state index is 0.199. The second-order valence-electron chi connectivity index (χ2n) is 8.27. The van der Waals surface area contributed by atoms with Crippen molar-refractivity contribution in [1.29, 1.82) is 0 Å². The maximum absolute atomic E-state index is 14.5. The van der Waals surface area contributed by atoms with E-state index in [9.17, 15) is 14.0 Å². The second kappa shape index (κ2) is 8.68. The molecule has 1 N–H and O–H groups in total. The van der Waals surface area contributed by atoms with Gasteiger partial charge in [0.1, 0.15) is 17.2 Å². The summed E-state index contributed by atoms with van der Waals surface area (Å²) in [6.45, 7) is 7.37.